The second-order valence-electron chi connectivity index (χ2n) is 4.28. The summed E-state index contributed by atoms with van der Waals surface area (Å²) in [6.07, 6.45) is 5.54. The summed E-state index contributed by atoms with van der Waals surface area (Å²) in [6, 6.07) is 0. The van der Waals surface area contributed by atoms with Gasteiger partial charge in [-0.1, -0.05) is 33.8 Å². The van der Waals surface area contributed by atoms with Crippen molar-refractivity contribution in [3.05, 3.63) is 12.2 Å². The molecule has 0 amide bonds. The molecule has 0 aromatic carbocycles. The summed E-state index contributed by atoms with van der Waals surface area (Å²) in [6.45, 7) is 11.9. The van der Waals surface area contributed by atoms with Crippen molar-refractivity contribution in [2.75, 3.05) is 12.3 Å². The summed E-state index contributed by atoms with van der Waals surface area (Å²) in [4.78, 5) is 4.49. The molecule has 0 aromatic rings. The minimum atomic E-state index is 0.655. The van der Waals surface area contributed by atoms with Gasteiger partial charge in [0.05, 0.1) is 0 Å². The van der Waals surface area contributed by atoms with Gasteiger partial charge in [0.15, 0.2) is 0 Å². The van der Waals surface area contributed by atoms with Crippen molar-refractivity contribution in [3.8, 4) is 0 Å². The largest absolute Gasteiger partial charge is 0.290 e. The molecule has 0 aliphatic rings. The van der Waals surface area contributed by atoms with Crippen molar-refractivity contribution in [2.45, 2.75) is 46.3 Å². The van der Waals surface area contributed by atoms with E-state index in [4.69, 9.17) is 0 Å². The van der Waals surface area contributed by atoms with Gasteiger partial charge in [-0.15, -0.1) is 0 Å². The predicted octanol–water partition coefficient (Wildman–Crippen LogP) is 4.19. The first-order valence-electron chi connectivity index (χ1n) is 5.85. The molecule has 0 aliphatic heterocycles. The average molecular weight is 227 g/mol. The minimum absolute atomic E-state index is 0.655. The van der Waals surface area contributed by atoms with E-state index in [9.17, 15) is 0 Å². The van der Waals surface area contributed by atoms with Crippen molar-refractivity contribution in [1.82, 2.24) is 0 Å². The number of hydrogen-bond donors (Lipinski definition) is 0. The third-order valence-electron chi connectivity index (χ3n) is 1.98. The van der Waals surface area contributed by atoms with E-state index in [2.05, 4.69) is 51.8 Å². The van der Waals surface area contributed by atoms with Crippen molar-refractivity contribution in [2.24, 2.45) is 10.9 Å². The predicted molar refractivity (Wildman–Crippen MR) is 74.2 cm³/mol. The molecule has 2 heteroatoms. The zero-order chi connectivity index (χ0) is 11.7. The number of rotatable bonds is 7. The van der Waals surface area contributed by atoms with E-state index < -0.39 is 0 Å². The highest BCUT2D eigenvalue weighted by Gasteiger charge is 1.96. The van der Waals surface area contributed by atoms with Crippen LogP contribution >= 0.6 is 11.8 Å². The maximum Gasteiger partial charge on any atom is 0.0415 e. The Morgan fingerprint density at radius 1 is 1.33 bits per heavy atom. The normalized spacial score (nSPS) is 15.2. The van der Waals surface area contributed by atoms with Gasteiger partial charge in [0.1, 0.15) is 0 Å². The molecule has 1 unspecified atom stereocenters. The zero-order valence-corrected chi connectivity index (χ0v) is 11.6. The van der Waals surface area contributed by atoms with Gasteiger partial charge in [-0.3, -0.25) is 4.99 Å². The highest BCUT2D eigenvalue weighted by atomic mass is 32.2. The maximum atomic E-state index is 4.49. The monoisotopic (exact) mass is 227 g/mol. The van der Waals surface area contributed by atoms with Crippen LogP contribution in [-0.2, 0) is 0 Å². The molecule has 1 nitrogen and oxygen atoms in total. The van der Waals surface area contributed by atoms with Crippen LogP contribution < -0.4 is 0 Å². The van der Waals surface area contributed by atoms with Crippen molar-refractivity contribution >= 4 is 17.5 Å². The molecular weight excluding hydrogens is 202 g/mol. The Morgan fingerprint density at radius 3 is 2.53 bits per heavy atom. The molecular formula is C13H25NS. The number of thioether (sulfide) groups is 1. The first-order valence-corrected chi connectivity index (χ1v) is 6.90. The maximum absolute atomic E-state index is 4.49. The molecule has 0 radical (unpaired) electrons. The average Bonchev–Trinajstić information content (AvgIpc) is 2.15. The molecule has 15 heavy (non-hydrogen) atoms. The Morgan fingerprint density at radius 2 is 2.00 bits per heavy atom. The SMILES string of the molecule is CCSC(C)C/C=C/C(C)=NCC(C)C. The summed E-state index contributed by atoms with van der Waals surface area (Å²) in [5.74, 6) is 1.86. The molecule has 0 spiro atoms. The Kier molecular flexibility index (Phi) is 8.88. The van der Waals surface area contributed by atoms with E-state index in [1.54, 1.807) is 0 Å². The van der Waals surface area contributed by atoms with Gasteiger partial charge in [-0.2, -0.15) is 11.8 Å². The lowest BCUT2D eigenvalue weighted by Gasteiger charge is -2.05. The molecule has 0 saturated heterocycles. The van der Waals surface area contributed by atoms with Crippen LogP contribution in [0.3, 0.4) is 0 Å². The lowest BCUT2D eigenvalue weighted by molar-refractivity contribution is 0.666. The molecule has 0 aliphatic carbocycles. The minimum Gasteiger partial charge on any atom is -0.290 e. The van der Waals surface area contributed by atoms with Crippen LogP contribution in [0.15, 0.2) is 17.1 Å². The third-order valence-corrected chi connectivity index (χ3v) is 3.08. The van der Waals surface area contributed by atoms with E-state index in [-0.39, 0.29) is 0 Å². The Balaban J connectivity index is 3.80. The zero-order valence-electron chi connectivity index (χ0n) is 10.8. The molecule has 0 heterocycles. The van der Waals surface area contributed by atoms with Crippen LogP contribution in [0.1, 0.15) is 41.0 Å². The van der Waals surface area contributed by atoms with Gasteiger partial charge >= 0.3 is 0 Å². The second-order valence-corrected chi connectivity index (χ2v) is 6.00. The summed E-state index contributed by atoms with van der Waals surface area (Å²) in [7, 11) is 0. The van der Waals surface area contributed by atoms with E-state index >= 15 is 0 Å². The van der Waals surface area contributed by atoms with Crippen LogP contribution in [0.4, 0.5) is 0 Å². The van der Waals surface area contributed by atoms with Crippen LogP contribution in [0.2, 0.25) is 0 Å². The van der Waals surface area contributed by atoms with Gasteiger partial charge in [-0.05, 0) is 31.1 Å². The topological polar surface area (TPSA) is 12.4 Å². The third kappa shape index (κ3) is 10.1. The molecule has 1 atom stereocenters. The quantitative estimate of drug-likeness (QED) is 0.594. The van der Waals surface area contributed by atoms with Crippen LogP contribution in [0.5, 0.6) is 0 Å². The highest BCUT2D eigenvalue weighted by molar-refractivity contribution is 7.99. The fourth-order valence-corrected chi connectivity index (χ4v) is 1.98. The molecule has 0 rings (SSSR count). The number of hydrogen-bond acceptors (Lipinski definition) is 2. The fraction of sp³-hybridized carbons (Fsp3) is 0.769. The Labute approximate surface area is 99.4 Å². The van der Waals surface area contributed by atoms with Gasteiger partial charge in [0, 0.05) is 17.5 Å². The van der Waals surface area contributed by atoms with E-state index in [1.165, 1.54) is 5.75 Å². The lowest BCUT2D eigenvalue weighted by atomic mass is 10.2. The molecule has 0 saturated carbocycles. The van der Waals surface area contributed by atoms with Crippen molar-refractivity contribution in [3.63, 3.8) is 0 Å². The van der Waals surface area contributed by atoms with Gasteiger partial charge in [0.25, 0.3) is 0 Å². The number of allylic oxidation sites excluding steroid dienone is 2. The number of nitrogens with zero attached hydrogens (tertiary/aromatic N) is 1. The van der Waals surface area contributed by atoms with Gasteiger partial charge in [-0.25, -0.2) is 0 Å². The summed E-state index contributed by atoms with van der Waals surface area (Å²) < 4.78 is 0. The van der Waals surface area contributed by atoms with Gasteiger partial charge in [0.2, 0.25) is 0 Å². The standard InChI is InChI=1S/C13H25NS/c1-6-15-13(5)9-7-8-12(4)14-10-11(2)3/h7-8,11,13H,6,9-10H2,1-5H3/b8-7+,14-12?. The Bertz CT molecular complexity index is 207. The number of aliphatic imine (C=N–C) groups is 1. The highest BCUT2D eigenvalue weighted by Crippen LogP contribution is 2.13. The summed E-state index contributed by atoms with van der Waals surface area (Å²) in [5.41, 5.74) is 1.15. The molecule has 0 aromatic heterocycles. The van der Waals surface area contributed by atoms with E-state index in [1.807, 2.05) is 11.8 Å². The Hall–Kier alpha value is -0.240. The molecule has 0 bridgehead atoms. The van der Waals surface area contributed by atoms with E-state index in [0.717, 1.165) is 23.9 Å². The summed E-state index contributed by atoms with van der Waals surface area (Å²) >= 11 is 2.01. The van der Waals surface area contributed by atoms with Crippen LogP contribution in [0.25, 0.3) is 0 Å². The first kappa shape index (κ1) is 14.8. The smallest absolute Gasteiger partial charge is 0.0415 e. The molecule has 0 N–H and O–H groups in total. The lowest BCUT2D eigenvalue weighted by Crippen LogP contribution is -1.97. The van der Waals surface area contributed by atoms with E-state index in [0.29, 0.717) is 5.92 Å². The van der Waals surface area contributed by atoms with Crippen molar-refractivity contribution < 1.29 is 0 Å². The van der Waals surface area contributed by atoms with Crippen LogP contribution in [-0.4, -0.2) is 23.3 Å². The fourth-order valence-electron chi connectivity index (χ4n) is 1.16. The molecule has 88 valence electrons. The summed E-state index contributed by atoms with van der Waals surface area (Å²) in [5, 5.41) is 0.726. The first-order chi connectivity index (χ1) is 7.06. The van der Waals surface area contributed by atoms with Gasteiger partial charge < -0.3 is 0 Å². The van der Waals surface area contributed by atoms with Crippen molar-refractivity contribution in [1.29, 1.82) is 0 Å². The van der Waals surface area contributed by atoms with Crippen LogP contribution in [0, 0.1) is 5.92 Å². The second kappa shape index (κ2) is 9.02. The molecule has 0 fully saturated rings.